The maximum atomic E-state index is 13.0. The number of methoxy groups -OCH3 is 1. The summed E-state index contributed by atoms with van der Waals surface area (Å²) >= 11 is 0. The molecule has 1 aliphatic heterocycles. The Labute approximate surface area is 150 Å². The number of ether oxygens (including phenoxy) is 1. The van der Waals surface area contributed by atoms with Crippen LogP contribution in [-0.2, 0) is 15.6 Å². The van der Waals surface area contributed by atoms with Gasteiger partial charge in [-0.1, -0.05) is 39.0 Å². The zero-order valence-corrected chi connectivity index (χ0v) is 16.0. The lowest BCUT2D eigenvalue weighted by Gasteiger charge is -2.31. The maximum absolute atomic E-state index is 13.0. The fourth-order valence-corrected chi connectivity index (χ4v) is 4.64. The summed E-state index contributed by atoms with van der Waals surface area (Å²) in [5, 5.41) is 9.96. The number of hydrogen-bond acceptors (Lipinski definition) is 5. The van der Waals surface area contributed by atoms with Gasteiger partial charge in [0.2, 0.25) is 0 Å². The molecule has 138 valence electrons. The maximum Gasteiger partial charge on any atom is 0.181 e. The van der Waals surface area contributed by atoms with Crippen LogP contribution in [0.15, 0.2) is 48.2 Å². The fourth-order valence-electron chi connectivity index (χ4n) is 2.79. The third-order valence-corrected chi connectivity index (χ3v) is 6.60. The Morgan fingerprint density at radius 1 is 1.20 bits per heavy atom. The first-order valence-electron chi connectivity index (χ1n) is 8.43. The smallest absolute Gasteiger partial charge is 0.181 e. The van der Waals surface area contributed by atoms with Crippen LogP contribution in [0.2, 0.25) is 0 Å². The molecule has 0 radical (unpaired) electrons. The molecule has 0 bridgehead atoms. The molecular formula is C19H27NO4S. The number of benzene rings is 1. The minimum Gasteiger partial charge on any atom is -0.497 e. The van der Waals surface area contributed by atoms with Crippen molar-refractivity contribution in [2.24, 2.45) is 11.8 Å². The quantitative estimate of drug-likeness (QED) is 0.797. The van der Waals surface area contributed by atoms with Crippen molar-refractivity contribution in [1.29, 1.82) is 0 Å². The van der Waals surface area contributed by atoms with E-state index in [1.165, 1.54) is 6.20 Å². The summed E-state index contributed by atoms with van der Waals surface area (Å²) in [5.41, 5.74) is 1.39. The molecule has 1 aromatic carbocycles. The van der Waals surface area contributed by atoms with Gasteiger partial charge in [-0.2, -0.15) is 0 Å². The van der Waals surface area contributed by atoms with Gasteiger partial charge in [0.1, 0.15) is 5.75 Å². The van der Waals surface area contributed by atoms with Crippen LogP contribution in [-0.4, -0.2) is 31.2 Å². The van der Waals surface area contributed by atoms with E-state index in [2.05, 4.69) is 20.8 Å². The lowest BCUT2D eigenvalue weighted by Crippen LogP contribution is -2.40. The molecule has 1 aromatic rings. The van der Waals surface area contributed by atoms with E-state index in [1.807, 2.05) is 6.08 Å². The monoisotopic (exact) mass is 365 g/mol. The molecular weight excluding hydrogens is 338 g/mol. The first-order chi connectivity index (χ1) is 11.7. The van der Waals surface area contributed by atoms with Gasteiger partial charge in [-0.15, -0.1) is 0 Å². The molecule has 0 saturated carbocycles. The van der Waals surface area contributed by atoms with Crippen LogP contribution in [0.5, 0.6) is 5.75 Å². The molecule has 25 heavy (non-hydrogen) atoms. The zero-order valence-electron chi connectivity index (χ0n) is 15.2. The summed E-state index contributed by atoms with van der Waals surface area (Å²) in [5.74, 6) is 1.30. The van der Waals surface area contributed by atoms with Crippen LogP contribution in [0.25, 0.3) is 0 Å². The van der Waals surface area contributed by atoms with Crippen LogP contribution < -0.4 is 4.74 Å². The second-order valence-corrected chi connectivity index (χ2v) is 8.96. The van der Waals surface area contributed by atoms with E-state index < -0.39 is 15.2 Å². The molecule has 6 heteroatoms. The van der Waals surface area contributed by atoms with Gasteiger partial charge in [-0.05, 0) is 47.6 Å². The average Bonchev–Trinajstić information content (AvgIpc) is 2.54. The van der Waals surface area contributed by atoms with Crippen LogP contribution in [0.3, 0.4) is 0 Å². The standard InChI is InChI=1S/C19H27NO4S/c1-14(2)15(3)12-17-6-5-11-20(21)19(17)25(22,23)13-16-7-9-18(24-4)10-8-16/h5-11,14-15,19,21H,12-13H2,1-4H3. The third-order valence-electron chi connectivity index (χ3n) is 4.67. The second kappa shape index (κ2) is 8.06. The van der Waals surface area contributed by atoms with Gasteiger partial charge < -0.3 is 4.74 Å². The summed E-state index contributed by atoms with van der Waals surface area (Å²) in [6.45, 7) is 6.32. The van der Waals surface area contributed by atoms with E-state index in [0.717, 1.165) is 10.6 Å². The largest absolute Gasteiger partial charge is 0.497 e. The third kappa shape index (κ3) is 4.86. The first kappa shape index (κ1) is 19.5. The molecule has 0 aliphatic carbocycles. The van der Waals surface area contributed by atoms with Crippen molar-refractivity contribution in [2.45, 2.75) is 38.3 Å². The van der Waals surface area contributed by atoms with Crippen LogP contribution in [0, 0.1) is 11.8 Å². The molecule has 0 amide bonds. The van der Waals surface area contributed by atoms with Gasteiger partial charge in [0.05, 0.1) is 12.9 Å². The highest BCUT2D eigenvalue weighted by atomic mass is 32.2. The minimum atomic E-state index is -3.61. The predicted octanol–water partition coefficient (Wildman–Crippen LogP) is 3.76. The highest BCUT2D eigenvalue weighted by Crippen LogP contribution is 2.30. The molecule has 5 nitrogen and oxygen atoms in total. The molecule has 1 aliphatic rings. The highest BCUT2D eigenvalue weighted by Gasteiger charge is 2.35. The molecule has 2 atom stereocenters. The Morgan fingerprint density at radius 2 is 1.84 bits per heavy atom. The second-order valence-electron chi connectivity index (χ2n) is 6.90. The van der Waals surface area contributed by atoms with Crippen molar-refractivity contribution in [2.75, 3.05) is 7.11 Å². The van der Waals surface area contributed by atoms with E-state index in [9.17, 15) is 13.6 Å². The van der Waals surface area contributed by atoms with E-state index in [-0.39, 0.29) is 5.75 Å². The molecule has 0 saturated heterocycles. The summed E-state index contributed by atoms with van der Waals surface area (Å²) in [4.78, 5) is 0. The lowest BCUT2D eigenvalue weighted by atomic mass is 9.90. The summed E-state index contributed by atoms with van der Waals surface area (Å²) in [7, 11) is -2.04. The van der Waals surface area contributed by atoms with Crippen molar-refractivity contribution < 1.29 is 18.4 Å². The van der Waals surface area contributed by atoms with Gasteiger partial charge in [-0.3, -0.25) is 5.21 Å². The predicted molar refractivity (Wildman–Crippen MR) is 98.9 cm³/mol. The molecule has 1 N–H and O–H groups in total. The highest BCUT2D eigenvalue weighted by molar-refractivity contribution is 7.91. The van der Waals surface area contributed by atoms with Crippen molar-refractivity contribution in [3.8, 4) is 5.75 Å². The molecule has 2 rings (SSSR count). The average molecular weight is 365 g/mol. The van der Waals surface area contributed by atoms with Gasteiger partial charge in [0, 0.05) is 6.20 Å². The Bertz CT molecular complexity index is 735. The van der Waals surface area contributed by atoms with Crippen molar-refractivity contribution in [1.82, 2.24) is 5.06 Å². The molecule has 0 spiro atoms. The van der Waals surface area contributed by atoms with Gasteiger partial charge in [-0.25, -0.2) is 13.5 Å². The number of rotatable bonds is 7. The van der Waals surface area contributed by atoms with Crippen molar-refractivity contribution in [3.05, 3.63) is 53.8 Å². The lowest BCUT2D eigenvalue weighted by molar-refractivity contribution is -0.0473. The van der Waals surface area contributed by atoms with Crippen LogP contribution >= 0.6 is 0 Å². The number of hydrogen-bond donors (Lipinski definition) is 1. The first-order valence-corrected chi connectivity index (χ1v) is 10.1. The molecule has 0 aromatic heterocycles. The van der Waals surface area contributed by atoms with E-state index in [0.29, 0.717) is 29.6 Å². The van der Waals surface area contributed by atoms with E-state index >= 15 is 0 Å². The number of allylic oxidation sites excluding steroid dienone is 2. The summed E-state index contributed by atoms with van der Waals surface area (Å²) in [6, 6.07) is 6.94. The Morgan fingerprint density at radius 3 is 2.40 bits per heavy atom. The number of hydroxylamine groups is 2. The zero-order chi connectivity index (χ0) is 18.6. The number of nitrogens with zero attached hydrogens (tertiary/aromatic N) is 1. The Hall–Kier alpha value is -1.79. The number of sulfone groups is 1. The molecule has 0 fully saturated rings. The Balaban J connectivity index is 2.24. The molecule has 1 heterocycles. The Kier molecular flexibility index (Phi) is 6.30. The van der Waals surface area contributed by atoms with E-state index in [1.54, 1.807) is 37.5 Å². The van der Waals surface area contributed by atoms with Crippen molar-refractivity contribution in [3.63, 3.8) is 0 Å². The normalized spacial score (nSPS) is 19.0. The summed E-state index contributed by atoms with van der Waals surface area (Å²) in [6.07, 6.45) is 5.51. The van der Waals surface area contributed by atoms with Crippen molar-refractivity contribution >= 4 is 9.84 Å². The van der Waals surface area contributed by atoms with E-state index in [4.69, 9.17) is 4.74 Å². The van der Waals surface area contributed by atoms with Crippen LogP contribution in [0.4, 0.5) is 0 Å². The van der Waals surface area contributed by atoms with Gasteiger partial charge in [0.15, 0.2) is 15.2 Å². The van der Waals surface area contributed by atoms with Gasteiger partial charge >= 0.3 is 0 Å². The minimum absolute atomic E-state index is 0.139. The van der Waals surface area contributed by atoms with Gasteiger partial charge in [0.25, 0.3) is 0 Å². The fraction of sp³-hybridized carbons (Fsp3) is 0.474. The van der Waals surface area contributed by atoms with Crippen LogP contribution in [0.1, 0.15) is 32.8 Å². The SMILES string of the molecule is COc1ccc(CS(=O)(=O)C2C(CC(C)C(C)C)=CC=CN2O)cc1. The topological polar surface area (TPSA) is 66.8 Å². The summed E-state index contributed by atoms with van der Waals surface area (Å²) < 4.78 is 31.0. The molecule has 2 unspecified atom stereocenters.